The molecule has 0 bridgehead atoms. The van der Waals surface area contributed by atoms with E-state index in [1.54, 1.807) is 16.7 Å². The Morgan fingerprint density at radius 1 is 1.19 bits per heavy atom. The van der Waals surface area contributed by atoms with Gasteiger partial charge < -0.3 is 15.0 Å². The lowest BCUT2D eigenvalue weighted by Crippen LogP contribution is -2.53. The Morgan fingerprint density at radius 3 is 2.45 bits per heavy atom. The van der Waals surface area contributed by atoms with Crippen LogP contribution >= 0.6 is 11.8 Å². The number of nitrogens with zero attached hydrogens (tertiary/aromatic N) is 1. The third kappa shape index (κ3) is 7.56. The first-order valence-corrected chi connectivity index (χ1v) is 12.6. The van der Waals surface area contributed by atoms with Crippen LogP contribution in [0.2, 0.25) is 0 Å². The van der Waals surface area contributed by atoms with Gasteiger partial charge in [-0.3, -0.25) is 14.4 Å². The van der Waals surface area contributed by atoms with E-state index >= 15 is 0 Å². The van der Waals surface area contributed by atoms with Gasteiger partial charge in [-0.25, -0.2) is 0 Å². The van der Waals surface area contributed by atoms with Gasteiger partial charge in [-0.15, -0.1) is 0 Å². The number of thioether (sulfide) groups is 1. The number of nitrogens with one attached hydrogen (secondary N) is 1. The van der Waals surface area contributed by atoms with Crippen LogP contribution < -0.4 is 5.32 Å². The molecule has 31 heavy (non-hydrogen) atoms. The zero-order chi connectivity index (χ0) is 22.7. The van der Waals surface area contributed by atoms with E-state index in [4.69, 9.17) is 4.74 Å². The summed E-state index contributed by atoms with van der Waals surface area (Å²) in [5, 5.41) is 2.79. The second-order valence-electron chi connectivity index (χ2n) is 8.20. The number of ether oxygens (including phenoxy) is 1. The van der Waals surface area contributed by atoms with Crippen LogP contribution in [0.15, 0.2) is 30.3 Å². The van der Waals surface area contributed by atoms with Gasteiger partial charge in [0.05, 0.1) is 12.0 Å². The van der Waals surface area contributed by atoms with Gasteiger partial charge in [-0.05, 0) is 63.0 Å². The lowest BCUT2D eigenvalue weighted by Gasteiger charge is -2.41. The van der Waals surface area contributed by atoms with Gasteiger partial charge in [0, 0.05) is 20.0 Å². The summed E-state index contributed by atoms with van der Waals surface area (Å²) in [6.45, 7) is 4.66. The summed E-state index contributed by atoms with van der Waals surface area (Å²) in [5.74, 6) is 0.414. The molecule has 1 atom stereocenters. The zero-order valence-electron chi connectivity index (χ0n) is 19.0. The highest BCUT2D eigenvalue weighted by Crippen LogP contribution is 2.38. The molecule has 0 unspecified atom stereocenters. The van der Waals surface area contributed by atoms with Gasteiger partial charge in [0.2, 0.25) is 11.8 Å². The maximum Gasteiger partial charge on any atom is 0.312 e. The minimum absolute atomic E-state index is 0.0500. The fourth-order valence-electron chi connectivity index (χ4n) is 4.23. The lowest BCUT2D eigenvalue weighted by atomic mass is 9.74. The van der Waals surface area contributed by atoms with Gasteiger partial charge in [-0.2, -0.15) is 11.8 Å². The molecule has 1 aromatic rings. The molecule has 0 radical (unpaired) electrons. The third-order valence-electron chi connectivity index (χ3n) is 5.99. The van der Waals surface area contributed by atoms with Crippen LogP contribution in [0.5, 0.6) is 0 Å². The van der Waals surface area contributed by atoms with Crippen LogP contribution in [0.3, 0.4) is 0 Å². The Labute approximate surface area is 190 Å². The van der Waals surface area contributed by atoms with E-state index in [2.05, 4.69) is 17.4 Å². The highest BCUT2D eigenvalue weighted by Gasteiger charge is 2.43. The highest BCUT2D eigenvalue weighted by molar-refractivity contribution is 7.98. The first kappa shape index (κ1) is 25.2. The van der Waals surface area contributed by atoms with E-state index < -0.39 is 11.5 Å². The number of esters is 1. The quantitative estimate of drug-likeness (QED) is 0.525. The van der Waals surface area contributed by atoms with Crippen LogP contribution in [-0.4, -0.2) is 60.4 Å². The van der Waals surface area contributed by atoms with Crippen molar-refractivity contribution in [2.75, 3.05) is 31.7 Å². The Morgan fingerprint density at radius 2 is 1.87 bits per heavy atom. The van der Waals surface area contributed by atoms with Crippen molar-refractivity contribution in [2.24, 2.45) is 5.41 Å². The predicted octanol–water partition coefficient (Wildman–Crippen LogP) is 3.44. The molecule has 1 aliphatic heterocycles. The van der Waals surface area contributed by atoms with Crippen molar-refractivity contribution in [3.05, 3.63) is 35.9 Å². The highest BCUT2D eigenvalue weighted by atomic mass is 32.2. The van der Waals surface area contributed by atoms with Crippen molar-refractivity contribution in [1.29, 1.82) is 0 Å². The largest absolute Gasteiger partial charge is 0.466 e. The van der Waals surface area contributed by atoms with Crippen molar-refractivity contribution in [3.8, 4) is 0 Å². The average molecular weight is 449 g/mol. The second-order valence-corrected chi connectivity index (χ2v) is 9.19. The summed E-state index contributed by atoms with van der Waals surface area (Å²) in [4.78, 5) is 39.3. The molecule has 1 saturated heterocycles. The fourth-order valence-corrected chi connectivity index (χ4v) is 4.70. The van der Waals surface area contributed by atoms with Crippen LogP contribution in [0.4, 0.5) is 0 Å². The number of likely N-dealkylation sites (tertiary alicyclic amines) is 1. The molecule has 1 N–H and O–H groups in total. The summed E-state index contributed by atoms with van der Waals surface area (Å²) in [6.07, 6.45) is 6.37. The Kier molecular flexibility index (Phi) is 10.4. The molecular weight excluding hydrogens is 412 g/mol. The molecule has 0 spiro atoms. The molecular formula is C24H36N2O4S. The number of carbonyl (C=O) groups excluding carboxylic acids is 3. The van der Waals surface area contributed by atoms with Crippen LogP contribution in [0.25, 0.3) is 0 Å². The maximum atomic E-state index is 13.0. The Balaban J connectivity index is 2.01. The van der Waals surface area contributed by atoms with Crippen molar-refractivity contribution in [3.63, 3.8) is 0 Å². The van der Waals surface area contributed by atoms with Gasteiger partial charge >= 0.3 is 5.97 Å². The smallest absolute Gasteiger partial charge is 0.312 e. The normalized spacial score (nSPS) is 16.4. The minimum atomic E-state index is -0.537. The number of carbonyl (C=O) groups is 3. The molecule has 1 heterocycles. The molecule has 7 heteroatoms. The van der Waals surface area contributed by atoms with Crippen LogP contribution in [0, 0.1) is 5.41 Å². The Bertz CT molecular complexity index is 718. The number of benzene rings is 1. The fraction of sp³-hybridized carbons (Fsp3) is 0.625. The SMILES string of the molecule is CCOC(=O)C1(CCCc2ccccc2)CCN(C(=O)[C@H](CCSC)NC(C)=O)CC1. The van der Waals surface area contributed by atoms with Crippen LogP contribution in [0.1, 0.15) is 51.5 Å². The van der Waals surface area contributed by atoms with Crippen molar-refractivity contribution in [2.45, 2.75) is 58.4 Å². The summed E-state index contributed by atoms with van der Waals surface area (Å²) in [5.41, 5.74) is 0.728. The molecule has 0 saturated carbocycles. The molecule has 0 aliphatic carbocycles. The monoisotopic (exact) mass is 448 g/mol. The van der Waals surface area contributed by atoms with Gasteiger partial charge in [0.1, 0.15) is 6.04 Å². The molecule has 6 nitrogen and oxygen atoms in total. The average Bonchev–Trinajstić information content (AvgIpc) is 2.77. The molecule has 172 valence electrons. The summed E-state index contributed by atoms with van der Waals surface area (Å²) >= 11 is 1.65. The summed E-state index contributed by atoms with van der Waals surface area (Å²) in [7, 11) is 0. The van der Waals surface area contributed by atoms with E-state index in [1.807, 2.05) is 31.4 Å². The third-order valence-corrected chi connectivity index (χ3v) is 6.63. The summed E-state index contributed by atoms with van der Waals surface area (Å²) in [6, 6.07) is 9.78. The van der Waals surface area contributed by atoms with Crippen molar-refractivity contribution in [1.82, 2.24) is 10.2 Å². The number of aryl methyl sites for hydroxylation is 1. The Hall–Kier alpha value is -2.02. The van der Waals surface area contributed by atoms with Crippen molar-refractivity contribution < 1.29 is 19.1 Å². The first-order chi connectivity index (χ1) is 14.9. The second kappa shape index (κ2) is 12.7. The van der Waals surface area contributed by atoms with Crippen molar-refractivity contribution >= 4 is 29.5 Å². The number of amides is 2. The van der Waals surface area contributed by atoms with E-state index in [1.165, 1.54) is 12.5 Å². The van der Waals surface area contributed by atoms with Crippen LogP contribution in [-0.2, 0) is 25.5 Å². The molecule has 2 amide bonds. The standard InChI is InChI=1S/C24H36N2O4S/c1-4-30-23(29)24(13-8-11-20-9-6-5-7-10-20)14-16-26(17-15-24)22(28)21(12-18-31-3)25-19(2)27/h5-7,9-10,21H,4,8,11-18H2,1-3H3,(H,25,27)/t21-/m0/s1. The van der Waals surface area contributed by atoms with E-state index in [0.717, 1.165) is 25.0 Å². The maximum absolute atomic E-state index is 13.0. The molecule has 2 rings (SSSR count). The zero-order valence-corrected chi connectivity index (χ0v) is 19.8. The predicted molar refractivity (Wildman–Crippen MR) is 125 cm³/mol. The number of hydrogen-bond donors (Lipinski definition) is 1. The number of rotatable bonds is 11. The van der Waals surface area contributed by atoms with Gasteiger partial charge in [-0.1, -0.05) is 30.3 Å². The molecule has 1 aliphatic rings. The first-order valence-electron chi connectivity index (χ1n) is 11.2. The molecule has 1 fully saturated rings. The van der Waals surface area contributed by atoms with E-state index in [9.17, 15) is 14.4 Å². The van der Waals surface area contributed by atoms with Gasteiger partial charge in [0.25, 0.3) is 0 Å². The molecule has 0 aromatic heterocycles. The lowest BCUT2D eigenvalue weighted by molar-refractivity contribution is -0.161. The molecule has 1 aromatic carbocycles. The number of piperidine rings is 1. The minimum Gasteiger partial charge on any atom is -0.466 e. The van der Waals surface area contributed by atoms with E-state index in [0.29, 0.717) is 39.0 Å². The number of hydrogen-bond acceptors (Lipinski definition) is 5. The summed E-state index contributed by atoms with van der Waals surface area (Å²) < 4.78 is 5.43. The van der Waals surface area contributed by atoms with E-state index in [-0.39, 0.29) is 17.8 Å². The topological polar surface area (TPSA) is 75.7 Å². The van der Waals surface area contributed by atoms with Gasteiger partial charge in [0.15, 0.2) is 0 Å².